The quantitative estimate of drug-likeness (QED) is 0.257. The first-order valence-electron chi connectivity index (χ1n) is 11.6. The average molecular weight is 510 g/mol. The van der Waals surface area contributed by atoms with Gasteiger partial charge in [0.2, 0.25) is 5.78 Å². The largest absolute Gasteiger partial charge is 0.503 e. The molecule has 5 aromatic rings. The number of fused-ring (bicyclic) bond motifs is 2. The summed E-state index contributed by atoms with van der Waals surface area (Å²) >= 11 is 6.26. The minimum atomic E-state index is -0.917. The second kappa shape index (κ2) is 8.84. The summed E-state index contributed by atoms with van der Waals surface area (Å²) in [5.41, 5.74) is 1.48. The number of nitrogens with zero attached hydrogens (tertiary/aromatic N) is 1. The van der Waals surface area contributed by atoms with E-state index in [1.807, 2.05) is 42.5 Å². The molecule has 0 aliphatic carbocycles. The minimum absolute atomic E-state index is 0.00738. The van der Waals surface area contributed by atoms with E-state index >= 15 is 0 Å². The van der Waals surface area contributed by atoms with Crippen molar-refractivity contribution >= 4 is 50.7 Å². The number of rotatable bonds is 5. The number of anilines is 1. The molecule has 2 heterocycles. The summed E-state index contributed by atoms with van der Waals surface area (Å²) in [6.45, 7) is 0. The van der Waals surface area contributed by atoms with Crippen molar-refractivity contribution in [2.75, 3.05) is 12.0 Å². The molecule has 0 saturated carbocycles. The number of halogens is 1. The van der Waals surface area contributed by atoms with Crippen molar-refractivity contribution in [3.63, 3.8) is 0 Å². The summed E-state index contributed by atoms with van der Waals surface area (Å²) in [5.74, 6) is -1.45. The molecule has 0 fully saturated rings. The van der Waals surface area contributed by atoms with Crippen molar-refractivity contribution in [1.82, 2.24) is 0 Å². The Hall–Kier alpha value is -4.55. The van der Waals surface area contributed by atoms with Gasteiger partial charge in [-0.3, -0.25) is 14.5 Å². The van der Waals surface area contributed by atoms with E-state index in [0.717, 1.165) is 10.8 Å². The van der Waals surface area contributed by atoms with Crippen LogP contribution in [0.5, 0.6) is 5.75 Å². The predicted molar refractivity (Wildman–Crippen MR) is 142 cm³/mol. The van der Waals surface area contributed by atoms with Crippen LogP contribution in [-0.4, -0.2) is 23.9 Å². The molecule has 1 aromatic heterocycles. The number of aliphatic hydroxyl groups excluding tert-OH is 1. The number of amides is 1. The van der Waals surface area contributed by atoms with Crippen LogP contribution in [0.3, 0.4) is 0 Å². The number of hydrogen-bond donors (Lipinski definition) is 1. The molecule has 6 rings (SSSR count). The van der Waals surface area contributed by atoms with Crippen LogP contribution in [0.2, 0.25) is 5.02 Å². The Morgan fingerprint density at radius 1 is 0.946 bits per heavy atom. The van der Waals surface area contributed by atoms with Gasteiger partial charge in [-0.25, -0.2) is 0 Å². The summed E-state index contributed by atoms with van der Waals surface area (Å²) in [7, 11) is 1.52. The summed E-state index contributed by atoms with van der Waals surface area (Å²) in [4.78, 5) is 28.9. The zero-order chi connectivity index (χ0) is 25.7. The Labute approximate surface area is 216 Å². The van der Waals surface area contributed by atoms with Crippen molar-refractivity contribution in [3.8, 4) is 5.75 Å². The van der Waals surface area contributed by atoms with Crippen LogP contribution in [0.25, 0.3) is 21.7 Å². The van der Waals surface area contributed by atoms with E-state index < -0.39 is 23.5 Å². The van der Waals surface area contributed by atoms with Gasteiger partial charge in [-0.1, -0.05) is 72.3 Å². The lowest BCUT2D eigenvalue weighted by molar-refractivity contribution is -0.117. The number of para-hydroxylation sites is 1. The van der Waals surface area contributed by atoms with Crippen molar-refractivity contribution in [1.29, 1.82) is 0 Å². The van der Waals surface area contributed by atoms with Gasteiger partial charge >= 0.3 is 0 Å². The SMILES string of the molecule is COc1cccc2cc(C(=O)C3=C(O)C(=O)N(c4cccc(Cl)c4)C3c3cccc4ccccc34)oc12. The topological polar surface area (TPSA) is 80.0 Å². The second-order valence-corrected chi connectivity index (χ2v) is 9.14. The van der Waals surface area contributed by atoms with Gasteiger partial charge in [-0.15, -0.1) is 0 Å². The third-order valence-corrected chi connectivity index (χ3v) is 6.84. The number of carbonyl (C=O) groups is 2. The number of aliphatic hydroxyl groups is 1. The maximum atomic E-state index is 14.0. The monoisotopic (exact) mass is 509 g/mol. The summed E-state index contributed by atoms with van der Waals surface area (Å²) in [6, 6.07) is 26.1. The molecule has 4 aromatic carbocycles. The Bertz CT molecular complexity index is 1750. The van der Waals surface area contributed by atoms with Gasteiger partial charge in [0.1, 0.15) is 0 Å². The third kappa shape index (κ3) is 3.65. The molecular formula is C30H20ClNO5. The third-order valence-electron chi connectivity index (χ3n) is 6.61. The number of hydrogen-bond acceptors (Lipinski definition) is 5. The molecule has 1 aliphatic heterocycles. The number of benzene rings is 4. The molecular weight excluding hydrogens is 490 g/mol. The normalized spacial score (nSPS) is 15.7. The fourth-order valence-electron chi connectivity index (χ4n) is 4.95. The molecule has 1 atom stereocenters. The highest BCUT2D eigenvalue weighted by molar-refractivity contribution is 6.31. The zero-order valence-corrected chi connectivity index (χ0v) is 20.4. The maximum absolute atomic E-state index is 14.0. The van der Waals surface area contributed by atoms with Crippen LogP contribution in [0.4, 0.5) is 5.69 Å². The van der Waals surface area contributed by atoms with E-state index in [0.29, 0.717) is 33.0 Å². The van der Waals surface area contributed by atoms with Gasteiger partial charge in [-0.2, -0.15) is 0 Å². The number of ether oxygens (including phenoxy) is 1. The number of furan rings is 1. The molecule has 1 aliphatic rings. The van der Waals surface area contributed by atoms with E-state index in [1.54, 1.807) is 48.5 Å². The first-order chi connectivity index (χ1) is 18.0. The molecule has 7 heteroatoms. The van der Waals surface area contributed by atoms with E-state index in [1.165, 1.54) is 12.0 Å². The van der Waals surface area contributed by atoms with Crippen molar-refractivity contribution in [2.45, 2.75) is 6.04 Å². The van der Waals surface area contributed by atoms with Gasteiger partial charge in [-0.05, 0) is 46.7 Å². The lowest BCUT2D eigenvalue weighted by atomic mass is 9.91. The minimum Gasteiger partial charge on any atom is -0.503 e. The molecule has 1 N–H and O–H groups in total. The molecule has 6 nitrogen and oxygen atoms in total. The van der Waals surface area contributed by atoms with Crippen LogP contribution < -0.4 is 9.64 Å². The number of ketones is 1. The number of carbonyl (C=O) groups excluding carboxylic acids is 2. The van der Waals surface area contributed by atoms with Gasteiger partial charge in [0.15, 0.2) is 22.9 Å². The molecule has 1 unspecified atom stereocenters. The van der Waals surface area contributed by atoms with Gasteiger partial charge in [0, 0.05) is 16.1 Å². The van der Waals surface area contributed by atoms with Crippen LogP contribution in [-0.2, 0) is 4.79 Å². The van der Waals surface area contributed by atoms with Crippen LogP contribution in [0.1, 0.15) is 22.2 Å². The molecule has 0 spiro atoms. The number of methoxy groups -OCH3 is 1. The first-order valence-corrected chi connectivity index (χ1v) is 12.0. The summed E-state index contributed by atoms with van der Waals surface area (Å²) in [5, 5.41) is 14.0. The molecule has 0 radical (unpaired) electrons. The highest BCUT2D eigenvalue weighted by atomic mass is 35.5. The Balaban J connectivity index is 1.57. The van der Waals surface area contributed by atoms with Crippen molar-refractivity contribution < 1.29 is 23.8 Å². The average Bonchev–Trinajstić information content (AvgIpc) is 3.47. The van der Waals surface area contributed by atoms with Gasteiger partial charge in [0.05, 0.1) is 18.7 Å². The summed E-state index contributed by atoms with van der Waals surface area (Å²) < 4.78 is 11.3. The Kier molecular flexibility index (Phi) is 5.46. The van der Waals surface area contributed by atoms with E-state index in [9.17, 15) is 14.7 Å². The first kappa shape index (κ1) is 22.9. The summed E-state index contributed by atoms with van der Waals surface area (Å²) in [6.07, 6.45) is 0. The van der Waals surface area contributed by atoms with Crippen LogP contribution in [0.15, 0.2) is 107 Å². The van der Waals surface area contributed by atoms with Crippen molar-refractivity contribution in [3.05, 3.63) is 119 Å². The lowest BCUT2D eigenvalue weighted by Gasteiger charge is -2.28. The van der Waals surface area contributed by atoms with Gasteiger partial charge < -0.3 is 14.3 Å². The standard InChI is InChI=1S/C30H20ClNO5/c1-36-23-14-5-9-18-15-24(37-29(18)23)27(33)25-26(22-13-4-8-17-7-2-3-12-21(17)22)32(30(35)28(25)34)20-11-6-10-19(31)16-20/h2-16,26,34H,1H3. The molecule has 37 heavy (non-hydrogen) atoms. The Morgan fingerprint density at radius 3 is 2.49 bits per heavy atom. The van der Waals surface area contributed by atoms with Gasteiger partial charge in [0.25, 0.3) is 5.91 Å². The predicted octanol–water partition coefficient (Wildman–Crippen LogP) is 7.03. The van der Waals surface area contributed by atoms with Crippen LogP contribution >= 0.6 is 11.6 Å². The fourth-order valence-corrected chi connectivity index (χ4v) is 5.14. The van der Waals surface area contributed by atoms with E-state index in [2.05, 4.69) is 0 Å². The highest BCUT2D eigenvalue weighted by Gasteiger charge is 2.46. The fraction of sp³-hybridized carbons (Fsp3) is 0.0667. The number of Topliss-reactive ketones (excluding diaryl/α,β-unsaturated/α-hetero) is 1. The Morgan fingerprint density at radius 2 is 1.68 bits per heavy atom. The van der Waals surface area contributed by atoms with Crippen molar-refractivity contribution in [2.24, 2.45) is 0 Å². The maximum Gasteiger partial charge on any atom is 0.294 e. The smallest absolute Gasteiger partial charge is 0.294 e. The molecule has 182 valence electrons. The van der Waals surface area contributed by atoms with E-state index in [-0.39, 0.29) is 11.3 Å². The molecule has 1 amide bonds. The van der Waals surface area contributed by atoms with Crippen LogP contribution in [0, 0.1) is 0 Å². The highest BCUT2D eigenvalue weighted by Crippen LogP contribution is 2.45. The second-order valence-electron chi connectivity index (χ2n) is 8.71. The molecule has 0 saturated heterocycles. The zero-order valence-electron chi connectivity index (χ0n) is 19.6. The van der Waals surface area contributed by atoms with E-state index in [4.69, 9.17) is 20.8 Å². The molecule has 0 bridgehead atoms. The lowest BCUT2D eigenvalue weighted by Crippen LogP contribution is -2.31.